The van der Waals surface area contributed by atoms with E-state index in [9.17, 15) is 0 Å². The van der Waals surface area contributed by atoms with Crippen LogP contribution in [0.2, 0.25) is 0 Å². The molecule has 0 aliphatic rings. The van der Waals surface area contributed by atoms with Gasteiger partial charge in [0.15, 0.2) is 17.5 Å². The van der Waals surface area contributed by atoms with E-state index in [2.05, 4.69) is 188 Å². The Kier molecular flexibility index (Phi) is 7.35. The number of hydrogen-bond donors (Lipinski definition) is 0. The zero-order valence-electron chi connectivity index (χ0n) is 29.6. The van der Waals surface area contributed by atoms with Crippen LogP contribution in [0.4, 0.5) is 0 Å². The van der Waals surface area contributed by atoms with E-state index >= 15 is 0 Å². The van der Waals surface area contributed by atoms with Crippen molar-refractivity contribution < 1.29 is 0 Å². The summed E-state index contributed by atoms with van der Waals surface area (Å²) in [5, 5.41) is 9.64. The number of hydrogen-bond acceptors (Lipinski definition) is 4. The molecule has 0 radical (unpaired) electrons. The Morgan fingerprint density at radius 2 is 0.727 bits per heavy atom. The summed E-state index contributed by atoms with van der Waals surface area (Å²) >= 11 is 1.79. The summed E-state index contributed by atoms with van der Waals surface area (Å²) in [6, 6.07) is 66.9. The topological polar surface area (TPSA) is 38.7 Å². The van der Waals surface area contributed by atoms with Crippen LogP contribution in [-0.4, -0.2) is 15.0 Å². The van der Waals surface area contributed by atoms with Crippen molar-refractivity contribution in [1.29, 1.82) is 0 Å². The molecule has 0 aliphatic heterocycles. The van der Waals surface area contributed by atoms with Crippen molar-refractivity contribution in [1.82, 2.24) is 15.0 Å². The van der Waals surface area contributed by atoms with Gasteiger partial charge < -0.3 is 0 Å². The van der Waals surface area contributed by atoms with Gasteiger partial charge in [-0.15, -0.1) is 11.3 Å². The van der Waals surface area contributed by atoms with E-state index in [-0.39, 0.29) is 0 Å². The molecule has 11 rings (SSSR count). The molecule has 0 unspecified atom stereocenters. The Balaban J connectivity index is 1.12. The lowest BCUT2D eigenvalue weighted by atomic mass is 9.92. The molecule has 0 fully saturated rings. The van der Waals surface area contributed by atoms with E-state index in [0.717, 1.165) is 33.0 Å². The van der Waals surface area contributed by atoms with Crippen LogP contribution in [0.5, 0.6) is 0 Å². The molecule has 0 saturated carbocycles. The van der Waals surface area contributed by atoms with Crippen molar-refractivity contribution in [2.24, 2.45) is 0 Å². The molecule has 0 bridgehead atoms. The molecule has 3 nitrogen and oxygen atoms in total. The van der Waals surface area contributed by atoms with Crippen LogP contribution in [0.25, 0.3) is 109 Å². The molecular weight excluding hydrogens is 687 g/mol. The van der Waals surface area contributed by atoms with Crippen LogP contribution in [-0.2, 0) is 0 Å². The van der Waals surface area contributed by atoms with Crippen molar-refractivity contribution in [3.63, 3.8) is 0 Å². The molecule has 55 heavy (non-hydrogen) atoms. The lowest BCUT2D eigenvalue weighted by Crippen LogP contribution is -2.01. The molecule has 0 amide bonds. The molecule has 4 heteroatoms. The molecular formula is C51H31N3S. The maximum atomic E-state index is 5.31. The van der Waals surface area contributed by atoms with Gasteiger partial charge in [-0.3, -0.25) is 0 Å². The van der Waals surface area contributed by atoms with Gasteiger partial charge in [0.25, 0.3) is 0 Å². The number of rotatable bonds is 5. The average Bonchev–Trinajstić information content (AvgIpc) is 3.65. The highest BCUT2D eigenvalue weighted by atomic mass is 32.1. The van der Waals surface area contributed by atoms with E-state index < -0.39 is 0 Å². The monoisotopic (exact) mass is 717 g/mol. The maximum absolute atomic E-state index is 5.31. The van der Waals surface area contributed by atoms with Crippen LogP contribution < -0.4 is 0 Å². The molecule has 0 N–H and O–H groups in total. The van der Waals surface area contributed by atoms with Gasteiger partial charge in [-0.05, 0) is 72.8 Å². The Morgan fingerprint density at radius 3 is 1.47 bits per heavy atom. The van der Waals surface area contributed by atoms with Gasteiger partial charge >= 0.3 is 0 Å². The number of benzene rings is 9. The predicted molar refractivity (Wildman–Crippen MR) is 232 cm³/mol. The minimum absolute atomic E-state index is 0.643. The standard InChI is InChI=1S/C51H31N3S/c1-3-16-36-32(12-1)14-9-21-37(36)34-26-28-35(29-27-34)49-52-50(54-51(53-49)46-24-11-23-44-43-20-7-8-25-47(43)55-48(44)46)45-31-30-42(40-18-5-6-19-41(40)45)39-22-10-15-33-13-2-4-17-38(33)39/h1-31H. The average molecular weight is 718 g/mol. The lowest BCUT2D eigenvalue weighted by Gasteiger charge is -2.14. The SMILES string of the molecule is c1ccc2c(-c3ccc(-c4nc(-c5ccc(-c6cccc7ccccc67)c6ccccc56)nc(-c5cccc6c5sc5ccccc56)n4)cc3)cccc2c1. The van der Waals surface area contributed by atoms with Gasteiger partial charge in [0, 0.05) is 36.9 Å². The second-order valence-corrected chi connectivity index (χ2v) is 15.0. The first-order valence-corrected chi connectivity index (χ1v) is 19.3. The number of aromatic nitrogens is 3. The van der Waals surface area contributed by atoms with E-state index in [1.54, 1.807) is 11.3 Å². The normalized spacial score (nSPS) is 11.6. The minimum Gasteiger partial charge on any atom is -0.208 e. The van der Waals surface area contributed by atoms with Crippen molar-refractivity contribution in [3.8, 4) is 56.4 Å². The van der Waals surface area contributed by atoms with Gasteiger partial charge in [-0.2, -0.15) is 0 Å². The van der Waals surface area contributed by atoms with E-state index in [1.807, 2.05) is 0 Å². The van der Waals surface area contributed by atoms with Crippen molar-refractivity contribution in [3.05, 3.63) is 188 Å². The molecule has 2 heterocycles. The summed E-state index contributed by atoms with van der Waals surface area (Å²) in [6.45, 7) is 0. The number of fused-ring (bicyclic) bond motifs is 6. The van der Waals surface area contributed by atoms with Crippen LogP contribution in [0.15, 0.2) is 188 Å². The lowest BCUT2D eigenvalue weighted by molar-refractivity contribution is 1.08. The van der Waals surface area contributed by atoms with Gasteiger partial charge in [0.1, 0.15) is 0 Å². The summed E-state index contributed by atoms with van der Waals surface area (Å²) in [5.74, 6) is 1.96. The largest absolute Gasteiger partial charge is 0.208 e. The third-order valence-corrected chi connectivity index (χ3v) is 12.0. The first-order chi connectivity index (χ1) is 27.3. The molecule has 2 aromatic heterocycles. The van der Waals surface area contributed by atoms with Gasteiger partial charge in [-0.25, -0.2) is 15.0 Å². The highest BCUT2D eigenvalue weighted by molar-refractivity contribution is 7.26. The molecule has 0 aliphatic carbocycles. The second-order valence-electron chi connectivity index (χ2n) is 13.9. The van der Waals surface area contributed by atoms with Crippen molar-refractivity contribution in [2.75, 3.05) is 0 Å². The highest BCUT2D eigenvalue weighted by Gasteiger charge is 2.19. The van der Waals surface area contributed by atoms with Crippen LogP contribution in [0, 0.1) is 0 Å². The third-order valence-electron chi connectivity index (χ3n) is 10.8. The zero-order chi connectivity index (χ0) is 36.3. The second kappa shape index (κ2) is 12.8. The third kappa shape index (κ3) is 5.30. The number of nitrogens with zero attached hydrogens (tertiary/aromatic N) is 3. The van der Waals surface area contributed by atoms with Crippen LogP contribution in [0.3, 0.4) is 0 Å². The van der Waals surface area contributed by atoms with Gasteiger partial charge in [0.05, 0.1) is 0 Å². The predicted octanol–water partition coefficient (Wildman–Crippen LogP) is 14.0. The van der Waals surface area contributed by atoms with E-state index in [4.69, 9.17) is 15.0 Å². The molecule has 0 spiro atoms. The summed E-state index contributed by atoms with van der Waals surface area (Å²) in [6.07, 6.45) is 0. The van der Waals surface area contributed by atoms with E-state index in [0.29, 0.717) is 17.5 Å². The van der Waals surface area contributed by atoms with Crippen LogP contribution in [0.1, 0.15) is 0 Å². The summed E-state index contributed by atoms with van der Waals surface area (Å²) in [5.41, 5.74) is 7.67. The molecule has 0 atom stereocenters. The Hall–Kier alpha value is -7.01. The minimum atomic E-state index is 0.643. The van der Waals surface area contributed by atoms with Crippen molar-refractivity contribution in [2.45, 2.75) is 0 Å². The Labute approximate surface area is 321 Å². The highest BCUT2D eigenvalue weighted by Crippen LogP contribution is 2.41. The first kappa shape index (κ1) is 31.5. The molecule has 0 saturated heterocycles. The Bertz CT molecular complexity index is 3260. The fourth-order valence-electron chi connectivity index (χ4n) is 8.13. The van der Waals surface area contributed by atoms with Gasteiger partial charge in [0.2, 0.25) is 0 Å². The zero-order valence-corrected chi connectivity index (χ0v) is 30.5. The summed E-state index contributed by atoms with van der Waals surface area (Å²) < 4.78 is 2.42. The Morgan fingerprint density at radius 1 is 0.273 bits per heavy atom. The van der Waals surface area contributed by atoms with Crippen LogP contribution >= 0.6 is 11.3 Å². The molecule has 9 aromatic carbocycles. The smallest absolute Gasteiger partial charge is 0.165 e. The molecule has 11 aromatic rings. The molecule has 256 valence electrons. The first-order valence-electron chi connectivity index (χ1n) is 18.5. The summed E-state index contributed by atoms with van der Waals surface area (Å²) in [7, 11) is 0. The fourth-order valence-corrected chi connectivity index (χ4v) is 9.35. The van der Waals surface area contributed by atoms with E-state index in [1.165, 1.54) is 58.4 Å². The van der Waals surface area contributed by atoms with Crippen molar-refractivity contribution >= 4 is 63.8 Å². The van der Waals surface area contributed by atoms with Gasteiger partial charge in [-0.1, -0.05) is 170 Å². The fraction of sp³-hybridized carbons (Fsp3) is 0. The quantitative estimate of drug-likeness (QED) is 0.178. The maximum Gasteiger partial charge on any atom is 0.165 e. The summed E-state index contributed by atoms with van der Waals surface area (Å²) in [4.78, 5) is 15.8. The number of thiophene rings is 1.